The van der Waals surface area contributed by atoms with Gasteiger partial charge in [0.15, 0.2) is 0 Å². The minimum absolute atomic E-state index is 0.558. The second-order valence-electron chi connectivity index (χ2n) is 6.76. The fourth-order valence-corrected chi connectivity index (χ4v) is 3.87. The average molecular weight is 342 g/mol. The van der Waals surface area contributed by atoms with Crippen LogP contribution in [0, 0.1) is 5.92 Å². The predicted octanol–water partition coefficient (Wildman–Crippen LogP) is 2.52. The molecule has 6 nitrogen and oxygen atoms in total. The van der Waals surface area contributed by atoms with Gasteiger partial charge in [0.05, 0.1) is 0 Å². The number of carboxylic acids is 2. The zero-order chi connectivity index (χ0) is 18.0. The number of hydrogen-bond acceptors (Lipinski definition) is 3. The lowest BCUT2D eigenvalue weighted by atomic mass is 9.74. The Morgan fingerprint density at radius 3 is 2.60 bits per heavy atom. The van der Waals surface area contributed by atoms with Crippen molar-refractivity contribution in [3.8, 4) is 0 Å². The monoisotopic (exact) mass is 342 g/mol. The molecular weight excluding hydrogens is 320 g/mol. The Morgan fingerprint density at radius 2 is 1.92 bits per heavy atom. The Labute approximate surface area is 145 Å². The molecule has 4 rings (SSSR count). The van der Waals surface area contributed by atoms with E-state index in [2.05, 4.69) is 41.6 Å². The molecule has 2 aliphatic rings. The van der Waals surface area contributed by atoms with Crippen molar-refractivity contribution in [1.29, 1.82) is 0 Å². The molecule has 3 atom stereocenters. The fourth-order valence-electron chi connectivity index (χ4n) is 3.87. The lowest BCUT2D eigenvalue weighted by Crippen LogP contribution is -2.46. The zero-order valence-electron chi connectivity index (χ0n) is 14.0. The van der Waals surface area contributed by atoms with Crippen molar-refractivity contribution in [1.82, 2.24) is 10.3 Å². The maximum Gasteiger partial charge on any atom is 0.328 e. The highest BCUT2D eigenvalue weighted by molar-refractivity contribution is 5.89. The molecule has 2 aromatic rings. The van der Waals surface area contributed by atoms with E-state index in [1.165, 1.54) is 35.9 Å². The van der Waals surface area contributed by atoms with Crippen LogP contribution in [0.25, 0.3) is 10.9 Å². The molecule has 4 N–H and O–H groups in total. The van der Waals surface area contributed by atoms with Gasteiger partial charge in [-0.2, -0.15) is 0 Å². The number of aliphatic carboxylic acids is 2. The minimum Gasteiger partial charge on any atom is -0.478 e. The number of carbonyl (C=O) groups is 2. The van der Waals surface area contributed by atoms with Gasteiger partial charge in [0, 0.05) is 41.2 Å². The Balaban J connectivity index is 0.000000197. The summed E-state index contributed by atoms with van der Waals surface area (Å²) >= 11 is 0. The Morgan fingerprint density at radius 1 is 1.20 bits per heavy atom. The van der Waals surface area contributed by atoms with Gasteiger partial charge in [-0.15, -0.1) is 0 Å². The third-order valence-corrected chi connectivity index (χ3v) is 4.90. The molecule has 0 radical (unpaired) electrons. The number of hydrogen-bond donors (Lipinski definition) is 4. The van der Waals surface area contributed by atoms with Crippen molar-refractivity contribution in [2.45, 2.75) is 31.7 Å². The molecule has 1 aliphatic heterocycles. The number of piperidine rings is 1. The van der Waals surface area contributed by atoms with Gasteiger partial charge >= 0.3 is 11.9 Å². The molecule has 0 saturated carbocycles. The second-order valence-corrected chi connectivity index (χ2v) is 6.76. The lowest BCUT2D eigenvalue weighted by molar-refractivity contribution is -0.134. The Kier molecular flexibility index (Phi) is 4.90. The van der Waals surface area contributed by atoms with Gasteiger partial charge in [0.25, 0.3) is 0 Å². The van der Waals surface area contributed by atoms with Gasteiger partial charge in [0.1, 0.15) is 0 Å². The highest BCUT2D eigenvalue weighted by Gasteiger charge is 2.34. The van der Waals surface area contributed by atoms with Crippen LogP contribution in [-0.4, -0.2) is 39.7 Å². The topological polar surface area (TPSA) is 102 Å². The number of rotatable bonds is 2. The van der Waals surface area contributed by atoms with Crippen molar-refractivity contribution >= 4 is 22.8 Å². The van der Waals surface area contributed by atoms with E-state index >= 15 is 0 Å². The van der Waals surface area contributed by atoms with Gasteiger partial charge in [0.2, 0.25) is 0 Å². The van der Waals surface area contributed by atoms with Gasteiger partial charge in [-0.1, -0.05) is 19.1 Å². The number of benzene rings is 1. The molecular formula is C19H22N2O4. The van der Waals surface area contributed by atoms with E-state index in [1.54, 1.807) is 5.56 Å². The number of nitrogens with one attached hydrogen (secondary N) is 2. The second kappa shape index (κ2) is 7.11. The molecule has 1 saturated heterocycles. The van der Waals surface area contributed by atoms with Crippen molar-refractivity contribution < 1.29 is 19.8 Å². The van der Waals surface area contributed by atoms with Crippen LogP contribution >= 0.6 is 0 Å². The van der Waals surface area contributed by atoms with E-state index < -0.39 is 11.9 Å². The van der Waals surface area contributed by atoms with Crippen LogP contribution in [0.1, 0.15) is 30.4 Å². The van der Waals surface area contributed by atoms with Gasteiger partial charge in [-0.05, 0) is 42.5 Å². The SMILES string of the molecule is CC1CN[C@@H]2Cc3c[nH]c4cccc(c34)[C@H]2C1.O=C(O)/C=C\C(=O)O. The van der Waals surface area contributed by atoms with E-state index in [4.69, 9.17) is 10.2 Å². The van der Waals surface area contributed by atoms with Gasteiger partial charge in [-0.3, -0.25) is 0 Å². The molecule has 6 heteroatoms. The summed E-state index contributed by atoms with van der Waals surface area (Å²) in [6.07, 6.45) is 5.84. The van der Waals surface area contributed by atoms with Gasteiger partial charge in [-0.25, -0.2) is 9.59 Å². The van der Waals surface area contributed by atoms with Crippen LogP contribution < -0.4 is 5.32 Å². The third kappa shape index (κ3) is 3.74. The first-order valence-corrected chi connectivity index (χ1v) is 8.42. The summed E-state index contributed by atoms with van der Waals surface area (Å²) in [5.41, 5.74) is 4.38. The molecule has 1 aliphatic carbocycles. The van der Waals surface area contributed by atoms with E-state index in [1.807, 2.05) is 0 Å². The first-order chi connectivity index (χ1) is 12.0. The quantitative estimate of drug-likeness (QED) is 0.628. The maximum absolute atomic E-state index is 9.55. The van der Waals surface area contributed by atoms with Crippen LogP contribution in [0.5, 0.6) is 0 Å². The molecule has 132 valence electrons. The predicted molar refractivity (Wildman–Crippen MR) is 94.7 cm³/mol. The Bertz CT molecular complexity index is 808. The first kappa shape index (κ1) is 17.2. The molecule has 1 aromatic carbocycles. The van der Waals surface area contributed by atoms with Gasteiger partial charge < -0.3 is 20.5 Å². The van der Waals surface area contributed by atoms with E-state index in [9.17, 15) is 9.59 Å². The number of fused-ring (bicyclic) bond motifs is 2. The molecule has 0 spiro atoms. The van der Waals surface area contributed by atoms with Crippen molar-refractivity contribution in [2.24, 2.45) is 5.92 Å². The maximum atomic E-state index is 9.55. The highest BCUT2D eigenvalue weighted by atomic mass is 16.4. The first-order valence-electron chi connectivity index (χ1n) is 8.42. The third-order valence-electron chi connectivity index (χ3n) is 4.90. The zero-order valence-corrected chi connectivity index (χ0v) is 14.0. The normalized spacial score (nSPS) is 24.4. The smallest absolute Gasteiger partial charge is 0.328 e. The number of aromatic nitrogens is 1. The van der Waals surface area contributed by atoms with Crippen LogP contribution in [0.3, 0.4) is 0 Å². The number of aromatic amines is 1. The molecule has 25 heavy (non-hydrogen) atoms. The molecule has 1 aromatic heterocycles. The molecule has 2 heterocycles. The summed E-state index contributed by atoms with van der Waals surface area (Å²) in [5.74, 6) is -1.00. The summed E-state index contributed by atoms with van der Waals surface area (Å²) in [6, 6.07) is 7.37. The molecule has 0 bridgehead atoms. The van der Waals surface area contributed by atoms with Crippen LogP contribution in [0.15, 0.2) is 36.5 Å². The average Bonchev–Trinajstić information content (AvgIpc) is 2.99. The summed E-state index contributed by atoms with van der Waals surface area (Å²) in [4.78, 5) is 22.5. The van der Waals surface area contributed by atoms with E-state index in [0.29, 0.717) is 24.1 Å². The molecule has 1 fully saturated rings. The summed E-state index contributed by atoms with van der Waals surface area (Å²) in [6.45, 7) is 3.53. The van der Waals surface area contributed by atoms with E-state index in [0.717, 1.165) is 5.92 Å². The van der Waals surface area contributed by atoms with Crippen LogP contribution in [0.4, 0.5) is 0 Å². The molecule has 0 amide bonds. The van der Waals surface area contributed by atoms with E-state index in [-0.39, 0.29) is 0 Å². The minimum atomic E-state index is -1.26. The molecule has 1 unspecified atom stereocenters. The van der Waals surface area contributed by atoms with Crippen LogP contribution in [0.2, 0.25) is 0 Å². The largest absolute Gasteiger partial charge is 0.478 e. The standard InChI is InChI=1S/C15H18N2.C4H4O4/c1-9-5-12-11-3-2-4-13-15(11)10(8-17-13)6-14(12)16-7-9;5-3(6)1-2-4(7)8/h2-4,8-9,12,14,16-17H,5-7H2,1H3;1-2H,(H,5,6)(H,7,8)/b;2-1-/t9?,12-,14-;/m1./s1. The number of carboxylic acid groups (broad SMARTS) is 2. The summed E-state index contributed by atoms with van der Waals surface area (Å²) < 4.78 is 0. The summed E-state index contributed by atoms with van der Waals surface area (Å²) in [5, 5.41) is 20.9. The lowest BCUT2D eigenvalue weighted by Gasteiger charge is -2.39. The van der Waals surface area contributed by atoms with Crippen molar-refractivity contribution in [3.63, 3.8) is 0 Å². The highest BCUT2D eigenvalue weighted by Crippen LogP contribution is 2.41. The fraction of sp³-hybridized carbons (Fsp3) is 0.368. The Hall–Kier alpha value is -2.60. The van der Waals surface area contributed by atoms with Crippen molar-refractivity contribution in [3.05, 3.63) is 47.7 Å². The number of H-pyrrole nitrogens is 1. The van der Waals surface area contributed by atoms with Crippen LogP contribution in [-0.2, 0) is 16.0 Å². The summed E-state index contributed by atoms with van der Waals surface area (Å²) in [7, 11) is 0. The van der Waals surface area contributed by atoms with Crippen molar-refractivity contribution in [2.75, 3.05) is 6.54 Å².